The molecule has 2 N–H and O–H groups in total. The summed E-state index contributed by atoms with van der Waals surface area (Å²) in [4.78, 5) is 24.6. The van der Waals surface area contributed by atoms with E-state index in [-0.39, 0.29) is 11.8 Å². The molecule has 0 bridgehead atoms. The molecular weight excluding hydrogens is 248 g/mol. The van der Waals surface area contributed by atoms with E-state index in [1.165, 1.54) is 24.1 Å². The highest BCUT2D eigenvalue weighted by molar-refractivity contribution is 5.83. The van der Waals surface area contributed by atoms with Crippen molar-refractivity contribution >= 4 is 12.0 Å². The fourth-order valence-corrected chi connectivity index (χ4v) is 1.48. The van der Waals surface area contributed by atoms with Crippen LogP contribution in [0.5, 0.6) is 5.75 Å². The van der Waals surface area contributed by atoms with Gasteiger partial charge in [-0.2, -0.15) is 0 Å². The van der Waals surface area contributed by atoms with Gasteiger partial charge >= 0.3 is 12.0 Å². The lowest BCUT2D eigenvalue weighted by molar-refractivity contribution is -0.142. The summed E-state index contributed by atoms with van der Waals surface area (Å²) in [5, 5.41) is 11.8. The van der Waals surface area contributed by atoms with E-state index in [0.29, 0.717) is 6.42 Å². The summed E-state index contributed by atoms with van der Waals surface area (Å²) in [5.41, 5.74) is 0.812. The largest absolute Gasteiger partial charge is 0.508 e. The second-order valence-electron chi connectivity index (χ2n) is 4.29. The second kappa shape index (κ2) is 6.63. The molecule has 0 heterocycles. The Balaban J connectivity index is 2.77. The fraction of sp³-hybridized carbons (Fsp3) is 0.385. The Hall–Kier alpha value is -2.24. The Morgan fingerprint density at radius 2 is 1.89 bits per heavy atom. The number of aromatic hydroxyl groups is 1. The van der Waals surface area contributed by atoms with Gasteiger partial charge in [-0.15, -0.1) is 0 Å². The maximum absolute atomic E-state index is 11.6. The number of urea groups is 1. The quantitative estimate of drug-likeness (QED) is 0.788. The lowest BCUT2D eigenvalue weighted by Crippen LogP contribution is -2.47. The van der Waals surface area contributed by atoms with Crippen LogP contribution in [-0.4, -0.2) is 49.3 Å². The number of esters is 1. The van der Waals surface area contributed by atoms with Crippen molar-refractivity contribution in [1.82, 2.24) is 10.2 Å². The molecular formula is C13H18N2O4. The van der Waals surface area contributed by atoms with E-state index in [4.69, 9.17) is 0 Å². The van der Waals surface area contributed by atoms with E-state index < -0.39 is 12.0 Å². The van der Waals surface area contributed by atoms with Crippen LogP contribution in [0, 0.1) is 0 Å². The molecule has 0 spiro atoms. The van der Waals surface area contributed by atoms with Gasteiger partial charge in [0.15, 0.2) is 0 Å². The number of nitrogens with zero attached hydrogens (tertiary/aromatic N) is 1. The Labute approximate surface area is 112 Å². The Bertz CT molecular complexity index is 442. The zero-order chi connectivity index (χ0) is 14.4. The molecule has 0 aromatic heterocycles. The first-order chi connectivity index (χ1) is 8.93. The molecule has 1 atom stereocenters. The third-order valence-corrected chi connectivity index (χ3v) is 2.57. The van der Waals surface area contributed by atoms with Crippen molar-refractivity contribution in [2.45, 2.75) is 12.5 Å². The molecule has 0 saturated carbocycles. The van der Waals surface area contributed by atoms with Crippen LogP contribution < -0.4 is 5.32 Å². The Morgan fingerprint density at radius 3 is 2.37 bits per heavy atom. The molecule has 1 aromatic carbocycles. The van der Waals surface area contributed by atoms with Gasteiger partial charge in [-0.1, -0.05) is 12.1 Å². The smallest absolute Gasteiger partial charge is 0.328 e. The average molecular weight is 266 g/mol. The van der Waals surface area contributed by atoms with Crippen molar-refractivity contribution in [3.8, 4) is 5.75 Å². The van der Waals surface area contributed by atoms with Gasteiger partial charge in [-0.05, 0) is 17.7 Å². The Morgan fingerprint density at radius 1 is 1.32 bits per heavy atom. The van der Waals surface area contributed by atoms with E-state index in [1.54, 1.807) is 26.2 Å². The van der Waals surface area contributed by atoms with Gasteiger partial charge in [0.25, 0.3) is 0 Å². The van der Waals surface area contributed by atoms with Crippen LogP contribution in [0.1, 0.15) is 5.56 Å². The molecule has 0 radical (unpaired) electrons. The monoisotopic (exact) mass is 266 g/mol. The molecule has 0 aliphatic heterocycles. The van der Waals surface area contributed by atoms with Gasteiger partial charge in [0, 0.05) is 20.5 Å². The zero-order valence-corrected chi connectivity index (χ0v) is 11.2. The van der Waals surface area contributed by atoms with Crippen LogP contribution in [-0.2, 0) is 16.0 Å². The lowest BCUT2D eigenvalue weighted by Gasteiger charge is -2.19. The summed E-state index contributed by atoms with van der Waals surface area (Å²) in [6.45, 7) is 0. The predicted molar refractivity (Wildman–Crippen MR) is 69.8 cm³/mol. The molecule has 104 valence electrons. The lowest BCUT2D eigenvalue weighted by atomic mass is 10.1. The minimum absolute atomic E-state index is 0.149. The van der Waals surface area contributed by atoms with Crippen LogP contribution in [0.25, 0.3) is 0 Å². The minimum Gasteiger partial charge on any atom is -0.508 e. The van der Waals surface area contributed by atoms with Gasteiger partial charge in [0.1, 0.15) is 11.8 Å². The number of benzene rings is 1. The molecule has 1 aromatic rings. The number of carbonyl (C=O) groups excluding carboxylic acids is 2. The number of hydrogen-bond acceptors (Lipinski definition) is 4. The zero-order valence-electron chi connectivity index (χ0n) is 11.2. The van der Waals surface area contributed by atoms with Gasteiger partial charge in [0.05, 0.1) is 7.11 Å². The van der Waals surface area contributed by atoms with E-state index in [2.05, 4.69) is 10.1 Å². The van der Waals surface area contributed by atoms with E-state index in [1.807, 2.05) is 0 Å². The van der Waals surface area contributed by atoms with Gasteiger partial charge in [-0.25, -0.2) is 9.59 Å². The van der Waals surface area contributed by atoms with Crippen molar-refractivity contribution in [2.75, 3.05) is 21.2 Å². The van der Waals surface area contributed by atoms with Crippen molar-refractivity contribution in [3.63, 3.8) is 0 Å². The van der Waals surface area contributed by atoms with Crippen LogP contribution in [0.2, 0.25) is 0 Å². The average Bonchev–Trinajstić information content (AvgIpc) is 2.39. The second-order valence-corrected chi connectivity index (χ2v) is 4.29. The normalized spacial score (nSPS) is 11.5. The van der Waals surface area contributed by atoms with Crippen LogP contribution in [0.4, 0.5) is 4.79 Å². The first-order valence-electron chi connectivity index (χ1n) is 5.77. The van der Waals surface area contributed by atoms with Gasteiger partial charge in [0.2, 0.25) is 0 Å². The molecule has 0 aliphatic carbocycles. The number of phenolic OH excluding ortho intramolecular Hbond substituents is 1. The first kappa shape index (κ1) is 14.8. The molecule has 1 rings (SSSR count). The maximum atomic E-state index is 11.6. The summed E-state index contributed by atoms with van der Waals surface area (Å²) in [6.07, 6.45) is 0.298. The fourth-order valence-electron chi connectivity index (χ4n) is 1.48. The summed E-state index contributed by atoms with van der Waals surface area (Å²) < 4.78 is 4.67. The highest BCUT2D eigenvalue weighted by Gasteiger charge is 2.22. The van der Waals surface area contributed by atoms with Gasteiger partial charge in [-0.3, -0.25) is 0 Å². The summed E-state index contributed by atoms with van der Waals surface area (Å²) in [7, 11) is 4.45. The molecule has 2 amide bonds. The predicted octanol–water partition coefficient (Wildman–Crippen LogP) is 0.747. The third kappa shape index (κ3) is 4.50. The van der Waals surface area contributed by atoms with Crippen LogP contribution in [0.15, 0.2) is 24.3 Å². The third-order valence-electron chi connectivity index (χ3n) is 2.57. The van der Waals surface area contributed by atoms with Crippen molar-refractivity contribution in [1.29, 1.82) is 0 Å². The maximum Gasteiger partial charge on any atom is 0.328 e. The number of methoxy groups -OCH3 is 1. The van der Waals surface area contributed by atoms with E-state index in [9.17, 15) is 14.7 Å². The molecule has 0 aliphatic rings. The number of amides is 2. The highest BCUT2D eigenvalue weighted by atomic mass is 16.5. The van der Waals surface area contributed by atoms with Crippen LogP contribution >= 0.6 is 0 Å². The number of phenols is 1. The number of hydrogen-bond donors (Lipinski definition) is 2. The summed E-state index contributed by atoms with van der Waals surface area (Å²) in [5.74, 6) is -0.362. The topological polar surface area (TPSA) is 78.9 Å². The van der Waals surface area contributed by atoms with E-state index in [0.717, 1.165) is 5.56 Å². The van der Waals surface area contributed by atoms with E-state index >= 15 is 0 Å². The summed E-state index contributed by atoms with van der Waals surface area (Å²) >= 11 is 0. The van der Waals surface area contributed by atoms with Crippen molar-refractivity contribution in [3.05, 3.63) is 29.8 Å². The number of nitrogens with one attached hydrogen (secondary N) is 1. The minimum atomic E-state index is -0.760. The molecule has 6 nitrogen and oxygen atoms in total. The molecule has 19 heavy (non-hydrogen) atoms. The highest BCUT2D eigenvalue weighted by Crippen LogP contribution is 2.11. The number of carbonyl (C=O) groups is 2. The van der Waals surface area contributed by atoms with Gasteiger partial charge < -0.3 is 20.1 Å². The number of rotatable bonds is 4. The van der Waals surface area contributed by atoms with Crippen molar-refractivity contribution < 1.29 is 19.4 Å². The Kier molecular flexibility index (Phi) is 5.17. The van der Waals surface area contributed by atoms with Crippen LogP contribution in [0.3, 0.4) is 0 Å². The standard InChI is InChI=1S/C13H18N2O4/c1-15(2)13(18)14-11(12(17)19-3)8-9-4-6-10(16)7-5-9/h4-7,11,16H,8H2,1-3H3,(H,14,18). The molecule has 0 saturated heterocycles. The SMILES string of the molecule is COC(=O)C(Cc1ccc(O)cc1)NC(=O)N(C)C. The first-order valence-corrected chi connectivity index (χ1v) is 5.77. The number of ether oxygens (including phenoxy) is 1. The summed E-state index contributed by atoms with van der Waals surface area (Å²) in [6, 6.07) is 5.30. The molecule has 0 fully saturated rings. The van der Waals surface area contributed by atoms with Crippen molar-refractivity contribution in [2.24, 2.45) is 0 Å². The molecule has 1 unspecified atom stereocenters. The molecule has 6 heteroatoms.